The number of rotatable bonds is 6. The van der Waals surface area contributed by atoms with Gasteiger partial charge >= 0.3 is 15.2 Å². The molecule has 0 saturated heterocycles. The zero-order valence-electron chi connectivity index (χ0n) is 8.18. The first-order valence-electron chi connectivity index (χ1n) is 3.98. The molecule has 6 N–H and O–H groups in total. The Bertz CT molecular complexity index is 358. The first-order chi connectivity index (χ1) is 6.95. The maximum Gasteiger partial charge on any atom is 0.358 e. The van der Waals surface area contributed by atoms with Gasteiger partial charge < -0.3 is 25.3 Å². The first kappa shape index (κ1) is 15.7. The molecule has 0 fully saturated rings. The van der Waals surface area contributed by atoms with Crippen LogP contribution in [0.15, 0.2) is 12.7 Å². The molecule has 0 heterocycles. The van der Waals surface area contributed by atoms with Gasteiger partial charge in [-0.3, -0.25) is 13.9 Å². The second kappa shape index (κ2) is 4.89. The molecule has 0 rings (SSSR count). The topological polar surface area (TPSA) is 158 Å². The molecule has 0 aromatic rings. The lowest BCUT2D eigenvalue weighted by atomic mass is 10.2. The average molecular weight is 273 g/mol. The van der Waals surface area contributed by atoms with E-state index in [9.17, 15) is 13.9 Å². The number of allylic oxidation sites excluding steroid dienone is 1. The van der Waals surface area contributed by atoms with Crippen molar-refractivity contribution in [1.29, 1.82) is 0 Å². The fourth-order valence-electron chi connectivity index (χ4n) is 0.899. The lowest BCUT2D eigenvalue weighted by Crippen LogP contribution is -2.41. The van der Waals surface area contributed by atoms with Gasteiger partial charge in [-0.05, 0) is 0 Å². The molecule has 0 bridgehead atoms. The standard InChI is InChI=1S/C6H13NO7P2/c1-2-3-5(8)4-6(7,15(9,10)11)16(12,13)14/h2H,1,3-4,7H2,(H2,9,10,11)(H2,12,13,14). The molecule has 0 atom stereocenters. The molecular formula is C6H13NO7P2. The number of nitrogens with two attached hydrogens (primary N) is 1. The normalized spacial score (nSPS) is 13.6. The monoisotopic (exact) mass is 273 g/mol. The Labute approximate surface area is 91.5 Å². The van der Waals surface area contributed by atoms with Gasteiger partial charge in [0.15, 0.2) is 0 Å². The van der Waals surface area contributed by atoms with Crippen LogP contribution in [0.3, 0.4) is 0 Å². The van der Waals surface area contributed by atoms with Crippen molar-refractivity contribution < 1.29 is 33.5 Å². The highest BCUT2D eigenvalue weighted by atomic mass is 31.2. The van der Waals surface area contributed by atoms with Crippen LogP contribution in [0, 0.1) is 0 Å². The van der Waals surface area contributed by atoms with Crippen LogP contribution in [0.5, 0.6) is 0 Å². The van der Waals surface area contributed by atoms with Crippen molar-refractivity contribution in [2.75, 3.05) is 0 Å². The van der Waals surface area contributed by atoms with Crippen LogP contribution >= 0.6 is 15.2 Å². The third-order valence-corrected chi connectivity index (χ3v) is 5.74. The Morgan fingerprint density at radius 1 is 1.25 bits per heavy atom. The largest absolute Gasteiger partial charge is 0.358 e. The van der Waals surface area contributed by atoms with Gasteiger partial charge in [0.05, 0.1) is 0 Å². The van der Waals surface area contributed by atoms with Gasteiger partial charge in [-0.25, -0.2) is 0 Å². The summed E-state index contributed by atoms with van der Waals surface area (Å²) in [6.45, 7) is 3.21. The fraction of sp³-hybridized carbons (Fsp3) is 0.500. The number of hydrogen-bond donors (Lipinski definition) is 5. The molecule has 0 spiro atoms. The summed E-state index contributed by atoms with van der Waals surface area (Å²) >= 11 is 0. The Balaban J connectivity index is 5.30. The molecule has 0 radical (unpaired) electrons. The van der Waals surface area contributed by atoms with E-state index in [4.69, 9.17) is 25.3 Å². The Hall–Kier alpha value is -0.330. The summed E-state index contributed by atoms with van der Waals surface area (Å²) in [5.74, 6) is -0.816. The van der Waals surface area contributed by atoms with E-state index < -0.39 is 32.4 Å². The third-order valence-electron chi connectivity index (χ3n) is 1.84. The molecule has 0 aliphatic heterocycles. The minimum atomic E-state index is -5.33. The minimum Gasteiger partial charge on any atom is -0.323 e. The summed E-state index contributed by atoms with van der Waals surface area (Å²) in [5, 5.41) is -3.17. The zero-order valence-corrected chi connectivity index (χ0v) is 9.97. The van der Waals surface area contributed by atoms with Gasteiger partial charge in [-0.2, -0.15) is 0 Å². The van der Waals surface area contributed by atoms with Crippen molar-refractivity contribution in [3.8, 4) is 0 Å². The molecular weight excluding hydrogens is 260 g/mol. The molecule has 0 aliphatic rings. The SMILES string of the molecule is C=CCC(=O)CC(N)(P(=O)(O)O)P(=O)(O)O. The second-order valence-corrected chi connectivity index (χ2v) is 7.30. The van der Waals surface area contributed by atoms with Crippen molar-refractivity contribution >= 4 is 21.0 Å². The van der Waals surface area contributed by atoms with E-state index in [0.29, 0.717) is 0 Å². The van der Waals surface area contributed by atoms with E-state index in [-0.39, 0.29) is 6.42 Å². The van der Waals surface area contributed by atoms with Gasteiger partial charge in [-0.1, -0.05) is 6.08 Å². The van der Waals surface area contributed by atoms with E-state index in [1.165, 1.54) is 0 Å². The molecule has 0 unspecified atom stereocenters. The van der Waals surface area contributed by atoms with Crippen molar-refractivity contribution in [3.63, 3.8) is 0 Å². The zero-order chi connectivity index (χ0) is 13.2. The first-order valence-corrected chi connectivity index (χ1v) is 7.21. The highest BCUT2D eigenvalue weighted by Gasteiger charge is 2.58. The summed E-state index contributed by atoms with van der Waals surface area (Å²) in [4.78, 5) is 46.3. The number of carbonyl (C=O) groups excluding carboxylic acids is 1. The summed E-state index contributed by atoms with van der Waals surface area (Å²) in [6.07, 6.45) is -0.255. The Kier molecular flexibility index (Phi) is 4.79. The number of ketones is 1. The smallest absolute Gasteiger partial charge is 0.323 e. The minimum absolute atomic E-state index is 0.279. The molecule has 94 valence electrons. The third kappa shape index (κ3) is 3.33. The Morgan fingerprint density at radius 3 is 1.88 bits per heavy atom. The van der Waals surface area contributed by atoms with E-state index in [1.807, 2.05) is 0 Å². The fourth-order valence-corrected chi connectivity index (χ4v) is 3.02. The van der Waals surface area contributed by atoms with Gasteiger partial charge in [0.2, 0.25) is 5.02 Å². The van der Waals surface area contributed by atoms with Crippen molar-refractivity contribution in [3.05, 3.63) is 12.7 Å². The van der Waals surface area contributed by atoms with Crippen LogP contribution in [0.25, 0.3) is 0 Å². The molecule has 0 saturated carbocycles. The highest BCUT2D eigenvalue weighted by molar-refractivity contribution is 7.72. The molecule has 0 aromatic carbocycles. The molecule has 8 nitrogen and oxygen atoms in total. The average Bonchev–Trinajstić information content (AvgIpc) is 1.99. The van der Waals surface area contributed by atoms with Crippen LogP contribution in [-0.2, 0) is 13.9 Å². The van der Waals surface area contributed by atoms with Gasteiger partial charge in [0, 0.05) is 12.8 Å². The van der Waals surface area contributed by atoms with E-state index in [0.717, 1.165) is 6.08 Å². The van der Waals surface area contributed by atoms with Crippen molar-refractivity contribution in [2.24, 2.45) is 5.73 Å². The molecule has 0 amide bonds. The molecule has 0 aliphatic carbocycles. The van der Waals surface area contributed by atoms with E-state index >= 15 is 0 Å². The van der Waals surface area contributed by atoms with Crippen molar-refractivity contribution in [2.45, 2.75) is 17.9 Å². The van der Waals surface area contributed by atoms with Gasteiger partial charge in [0.1, 0.15) is 5.78 Å². The maximum absolute atomic E-state index is 11.1. The molecule has 16 heavy (non-hydrogen) atoms. The predicted molar refractivity (Wildman–Crippen MR) is 55.4 cm³/mol. The Morgan fingerprint density at radius 2 is 1.62 bits per heavy atom. The lowest BCUT2D eigenvalue weighted by molar-refractivity contribution is -0.118. The van der Waals surface area contributed by atoms with Gasteiger partial charge in [0.25, 0.3) is 0 Å². The van der Waals surface area contributed by atoms with Crippen LogP contribution in [0.2, 0.25) is 0 Å². The summed E-state index contributed by atoms with van der Waals surface area (Å²) < 4.78 is 21.9. The maximum atomic E-state index is 11.1. The number of Topliss-reactive ketones (excluding diaryl/α,β-unsaturated/α-hetero) is 1. The molecule has 0 aromatic heterocycles. The van der Waals surface area contributed by atoms with Crippen LogP contribution in [-0.4, -0.2) is 30.4 Å². The van der Waals surface area contributed by atoms with E-state index in [2.05, 4.69) is 6.58 Å². The van der Waals surface area contributed by atoms with E-state index in [1.54, 1.807) is 0 Å². The van der Waals surface area contributed by atoms with Crippen LogP contribution in [0.1, 0.15) is 12.8 Å². The highest BCUT2D eigenvalue weighted by Crippen LogP contribution is 2.67. The van der Waals surface area contributed by atoms with Crippen LogP contribution in [0.4, 0.5) is 0 Å². The van der Waals surface area contributed by atoms with Crippen LogP contribution < -0.4 is 5.73 Å². The number of carbonyl (C=O) groups is 1. The summed E-state index contributed by atoms with van der Waals surface area (Å²) in [6, 6.07) is 0. The quantitative estimate of drug-likeness (QED) is 0.319. The van der Waals surface area contributed by atoms with Gasteiger partial charge in [-0.15, -0.1) is 6.58 Å². The van der Waals surface area contributed by atoms with Crippen molar-refractivity contribution in [1.82, 2.24) is 0 Å². The predicted octanol–water partition coefficient (Wildman–Crippen LogP) is -0.510. The second-order valence-electron chi connectivity index (χ2n) is 3.17. The summed E-state index contributed by atoms with van der Waals surface area (Å²) in [5.41, 5.74) is 5.00. The molecule has 10 heteroatoms. The number of hydrogen-bond acceptors (Lipinski definition) is 4. The summed E-state index contributed by atoms with van der Waals surface area (Å²) in [7, 11) is -10.7. The lowest BCUT2D eigenvalue weighted by Gasteiger charge is -2.29.